The van der Waals surface area contributed by atoms with E-state index >= 15 is 0 Å². The molecule has 0 saturated carbocycles. The molecular weight excluding hydrogens is 410 g/mol. The van der Waals surface area contributed by atoms with Gasteiger partial charge in [-0.05, 0) is 62.9 Å². The number of likely N-dealkylation sites (N-methyl/N-ethyl adjacent to an activating group) is 1. The third-order valence-corrected chi connectivity index (χ3v) is 7.21. The van der Waals surface area contributed by atoms with Crippen LogP contribution in [0.2, 0.25) is 0 Å². The predicted molar refractivity (Wildman–Crippen MR) is 125 cm³/mol. The number of para-hydroxylation sites is 1. The van der Waals surface area contributed by atoms with E-state index in [2.05, 4.69) is 19.9 Å². The molecule has 2 aliphatic heterocycles. The Morgan fingerprint density at radius 3 is 2.71 bits per heavy atom. The highest BCUT2D eigenvalue weighted by Crippen LogP contribution is 2.34. The summed E-state index contributed by atoms with van der Waals surface area (Å²) in [5, 5.41) is 0.771. The summed E-state index contributed by atoms with van der Waals surface area (Å²) in [4.78, 5) is 41.5. The van der Waals surface area contributed by atoms with Crippen molar-refractivity contribution in [3.8, 4) is 0 Å². The highest BCUT2D eigenvalue weighted by molar-refractivity contribution is 8.18. The standard InChI is InChI=1S/C24H29N3O3S/c1-4-17-10-8-11-19-18(13-20-23(29)26(5-2)24(30)31-20)14-25(22(17)19)15-21(28)27-12-7-6-9-16(27)3/h8,10-11,13-14,16H,4-7,9,12,15H2,1-3H3/b20-13-/t16-/m1/s1. The van der Waals surface area contributed by atoms with Gasteiger partial charge in [-0.25, -0.2) is 0 Å². The van der Waals surface area contributed by atoms with Gasteiger partial charge in [0.05, 0.1) is 10.4 Å². The van der Waals surface area contributed by atoms with Crippen molar-refractivity contribution in [2.45, 2.75) is 59.0 Å². The van der Waals surface area contributed by atoms with E-state index in [9.17, 15) is 14.4 Å². The van der Waals surface area contributed by atoms with Crippen LogP contribution in [0.4, 0.5) is 4.79 Å². The number of aryl methyl sites for hydroxylation is 1. The van der Waals surface area contributed by atoms with Crippen molar-refractivity contribution in [1.29, 1.82) is 0 Å². The van der Waals surface area contributed by atoms with E-state index < -0.39 is 0 Å². The quantitative estimate of drug-likeness (QED) is 0.636. The molecule has 1 atom stereocenters. The maximum absolute atomic E-state index is 13.1. The van der Waals surface area contributed by atoms with E-state index in [0.717, 1.165) is 54.0 Å². The first-order chi connectivity index (χ1) is 14.9. The molecule has 0 N–H and O–H groups in total. The van der Waals surface area contributed by atoms with Crippen LogP contribution in [0.5, 0.6) is 0 Å². The van der Waals surface area contributed by atoms with Crippen LogP contribution >= 0.6 is 11.8 Å². The molecule has 0 bridgehead atoms. The van der Waals surface area contributed by atoms with E-state index in [1.807, 2.05) is 27.8 Å². The second-order valence-corrected chi connectivity index (χ2v) is 9.23. The van der Waals surface area contributed by atoms with Gasteiger partial charge < -0.3 is 9.47 Å². The maximum Gasteiger partial charge on any atom is 0.293 e. The van der Waals surface area contributed by atoms with Crippen LogP contribution in [0.1, 0.15) is 51.2 Å². The Balaban J connectivity index is 1.73. The number of thioether (sulfide) groups is 1. The lowest BCUT2D eigenvalue weighted by Crippen LogP contribution is -2.43. The van der Waals surface area contributed by atoms with Gasteiger partial charge in [0.2, 0.25) is 5.91 Å². The number of aromatic nitrogens is 1. The van der Waals surface area contributed by atoms with Crippen molar-refractivity contribution in [2.24, 2.45) is 0 Å². The Morgan fingerprint density at radius 1 is 1.23 bits per heavy atom. The molecule has 6 nitrogen and oxygen atoms in total. The summed E-state index contributed by atoms with van der Waals surface area (Å²) >= 11 is 0.980. The van der Waals surface area contributed by atoms with Gasteiger partial charge in [0.25, 0.3) is 11.1 Å². The normalized spacial score (nSPS) is 21.0. The van der Waals surface area contributed by atoms with E-state index in [0.29, 0.717) is 11.4 Å². The molecule has 3 amide bonds. The van der Waals surface area contributed by atoms with Crippen LogP contribution in [0.15, 0.2) is 29.3 Å². The molecule has 0 aliphatic carbocycles. The number of fused-ring (bicyclic) bond motifs is 1. The van der Waals surface area contributed by atoms with Gasteiger partial charge in [0.15, 0.2) is 0 Å². The average molecular weight is 440 g/mol. The second-order valence-electron chi connectivity index (χ2n) is 8.24. The van der Waals surface area contributed by atoms with E-state index in [-0.39, 0.29) is 29.6 Å². The molecule has 7 heteroatoms. The van der Waals surface area contributed by atoms with Gasteiger partial charge in [-0.3, -0.25) is 19.3 Å². The van der Waals surface area contributed by atoms with Crippen LogP contribution in [0, 0.1) is 0 Å². The number of amides is 3. The Labute approximate surface area is 187 Å². The van der Waals surface area contributed by atoms with Crippen molar-refractivity contribution in [1.82, 2.24) is 14.4 Å². The maximum atomic E-state index is 13.1. The number of hydrogen-bond donors (Lipinski definition) is 0. The van der Waals surface area contributed by atoms with Crippen molar-refractivity contribution in [2.75, 3.05) is 13.1 Å². The molecule has 0 unspecified atom stereocenters. The fourth-order valence-corrected chi connectivity index (χ4v) is 5.50. The van der Waals surface area contributed by atoms with E-state index in [1.165, 1.54) is 16.9 Å². The van der Waals surface area contributed by atoms with E-state index in [4.69, 9.17) is 0 Å². The Hall–Kier alpha value is -2.54. The number of rotatable bonds is 5. The van der Waals surface area contributed by atoms with Crippen molar-refractivity contribution in [3.63, 3.8) is 0 Å². The zero-order valence-electron chi connectivity index (χ0n) is 18.4. The third kappa shape index (κ3) is 4.03. The minimum Gasteiger partial charge on any atom is -0.338 e. The first-order valence-electron chi connectivity index (χ1n) is 11.1. The summed E-state index contributed by atoms with van der Waals surface area (Å²) < 4.78 is 2.02. The van der Waals surface area contributed by atoms with Crippen molar-refractivity contribution < 1.29 is 14.4 Å². The number of hydrogen-bond acceptors (Lipinski definition) is 4. The van der Waals surface area contributed by atoms with Gasteiger partial charge in [0, 0.05) is 36.3 Å². The largest absolute Gasteiger partial charge is 0.338 e. The lowest BCUT2D eigenvalue weighted by Gasteiger charge is -2.33. The number of imide groups is 1. The number of benzene rings is 1. The summed E-state index contributed by atoms with van der Waals surface area (Å²) in [7, 11) is 0. The number of likely N-dealkylation sites (tertiary alicyclic amines) is 1. The number of piperidine rings is 1. The fraction of sp³-hybridized carbons (Fsp3) is 0.458. The van der Waals surface area contributed by atoms with Crippen LogP contribution in [-0.2, 0) is 22.6 Å². The summed E-state index contributed by atoms with van der Waals surface area (Å²) in [6.07, 6.45) is 7.89. The molecule has 2 aromatic rings. The summed E-state index contributed by atoms with van der Waals surface area (Å²) in [5.74, 6) is -0.115. The molecule has 2 aliphatic rings. The second kappa shape index (κ2) is 8.91. The number of nitrogens with zero attached hydrogens (tertiary/aromatic N) is 3. The molecule has 3 heterocycles. The minimum atomic E-state index is -0.247. The van der Waals surface area contributed by atoms with Crippen molar-refractivity contribution >= 4 is 45.8 Å². The van der Waals surface area contributed by atoms with Gasteiger partial charge in [-0.2, -0.15) is 0 Å². The highest BCUT2D eigenvalue weighted by Gasteiger charge is 2.34. The molecule has 0 radical (unpaired) electrons. The molecule has 31 heavy (non-hydrogen) atoms. The van der Waals surface area contributed by atoms with Crippen LogP contribution in [0.25, 0.3) is 17.0 Å². The number of carbonyl (C=O) groups excluding carboxylic acids is 3. The third-order valence-electron chi connectivity index (χ3n) is 6.30. The summed E-state index contributed by atoms with van der Waals surface area (Å²) in [6.45, 7) is 7.49. The van der Waals surface area contributed by atoms with Gasteiger partial charge >= 0.3 is 0 Å². The fourth-order valence-electron chi connectivity index (χ4n) is 4.61. The zero-order valence-corrected chi connectivity index (χ0v) is 19.2. The van der Waals surface area contributed by atoms with Crippen LogP contribution in [0.3, 0.4) is 0 Å². The monoisotopic (exact) mass is 439 g/mol. The van der Waals surface area contributed by atoms with Crippen LogP contribution in [-0.4, -0.2) is 50.6 Å². The summed E-state index contributed by atoms with van der Waals surface area (Å²) in [6, 6.07) is 6.39. The highest BCUT2D eigenvalue weighted by atomic mass is 32.2. The zero-order chi connectivity index (χ0) is 22.1. The lowest BCUT2D eigenvalue weighted by atomic mass is 10.0. The average Bonchev–Trinajstić information content (AvgIpc) is 3.24. The molecule has 2 saturated heterocycles. The molecule has 1 aromatic carbocycles. The first-order valence-corrected chi connectivity index (χ1v) is 11.9. The van der Waals surface area contributed by atoms with Crippen molar-refractivity contribution in [3.05, 3.63) is 40.4 Å². The molecule has 0 spiro atoms. The number of carbonyl (C=O) groups is 3. The van der Waals surface area contributed by atoms with Gasteiger partial charge in [-0.1, -0.05) is 25.1 Å². The summed E-state index contributed by atoms with van der Waals surface area (Å²) in [5.41, 5.74) is 3.06. The SMILES string of the molecule is CCc1cccc2c(/C=C3\SC(=O)N(CC)C3=O)cn(CC(=O)N3CCCC[C@H]3C)c12. The predicted octanol–water partition coefficient (Wildman–Crippen LogP) is 4.66. The topological polar surface area (TPSA) is 62.6 Å². The lowest BCUT2D eigenvalue weighted by molar-refractivity contribution is -0.135. The molecule has 2 fully saturated rings. The van der Waals surface area contributed by atoms with Gasteiger partial charge in [0.1, 0.15) is 6.54 Å². The Kier molecular flexibility index (Phi) is 6.23. The Morgan fingerprint density at radius 2 is 2.03 bits per heavy atom. The smallest absolute Gasteiger partial charge is 0.293 e. The minimum absolute atomic E-state index is 0.132. The van der Waals surface area contributed by atoms with Crippen LogP contribution < -0.4 is 0 Å². The van der Waals surface area contributed by atoms with E-state index in [1.54, 1.807) is 13.0 Å². The molecule has 1 aromatic heterocycles. The molecular formula is C24H29N3O3S. The molecule has 164 valence electrons. The Bertz CT molecular complexity index is 1070. The molecule has 4 rings (SSSR count). The van der Waals surface area contributed by atoms with Gasteiger partial charge in [-0.15, -0.1) is 0 Å². The first kappa shape index (κ1) is 21.7.